The molecule has 0 N–H and O–H groups in total. The molecule has 1 fully saturated rings. The predicted molar refractivity (Wildman–Crippen MR) is 135 cm³/mol. The first-order valence-electron chi connectivity index (χ1n) is 11.8. The van der Waals surface area contributed by atoms with E-state index in [1.165, 1.54) is 11.3 Å². The lowest BCUT2D eigenvalue weighted by atomic mass is 10.1. The number of para-hydroxylation sites is 1. The van der Waals surface area contributed by atoms with Crippen molar-refractivity contribution in [1.29, 1.82) is 0 Å². The Kier molecular flexibility index (Phi) is 6.60. The molecule has 4 heterocycles. The van der Waals surface area contributed by atoms with Gasteiger partial charge in [0.2, 0.25) is 5.91 Å². The van der Waals surface area contributed by atoms with Gasteiger partial charge in [-0.25, -0.2) is 4.98 Å². The first kappa shape index (κ1) is 22.6. The van der Waals surface area contributed by atoms with Gasteiger partial charge in [-0.2, -0.15) is 0 Å². The number of unbranched alkanes of at least 4 members (excludes halogenated alkanes) is 1. The summed E-state index contributed by atoms with van der Waals surface area (Å²) >= 11 is 1.46. The third-order valence-electron chi connectivity index (χ3n) is 6.29. The van der Waals surface area contributed by atoms with Gasteiger partial charge in [0, 0.05) is 73.8 Å². The van der Waals surface area contributed by atoms with E-state index in [1.807, 2.05) is 40.6 Å². The van der Waals surface area contributed by atoms with Gasteiger partial charge in [-0.05, 0) is 18.6 Å². The van der Waals surface area contributed by atoms with Crippen molar-refractivity contribution in [3.8, 4) is 0 Å². The average molecular weight is 477 g/mol. The van der Waals surface area contributed by atoms with Crippen LogP contribution in [-0.4, -0.2) is 51.3 Å². The number of rotatable bonds is 7. The molecule has 1 aliphatic rings. The van der Waals surface area contributed by atoms with Crippen molar-refractivity contribution < 1.29 is 9.21 Å². The van der Waals surface area contributed by atoms with Gasteiger partial charge >= 0.3 is 0 Å². The molecule has 8 heteroatoms. The van der Waals surface area contributed by atoms with Crippen LogP contribution >= 0.6 is 11.3 Å². The molecule has 1 aliphatic heterocycles. The Morgan fingerprint density at radius 2 is 2.03 bits per heavy atom. The number of carbonyl (C=O) groups is 1. The summed E-state index contributed by atoms with van der Waals surface area (Å²) < 4.78 is 7.63. The van der Waals surface area contributed by atoms with Crippen molar-refractivity contribution in [2.24, 2.45) is 0 Å². The lowest BCUT2D eigenvalue weighted by molar-refractivity contribution is -0.127. The van der Waals surface area contributed by atoms with Crippen molar-refractivity contribution in [3.05, 3.63) is 75.4 Å². The van der Waals surface area contributed by atoms with Crippen LogP contribution in [0.4, 0.5) is 0 Å². The summed E-state index contributed by atoms with van der Waals surface area (Å²) in [6, 6.07) is 9.59. The third-order valence-corrected chi connectivity index (χ3v) is 7.04. The first-order chi connectivity index (χ1) is 16.6. The Labute approximate surface area is 201 Å². The molecule has 0 radical (unpaired) electrons. The SMILES string of the molecule is CCCCc1oc2ccccc2c1/C=C/C(=O)N1CCN(Cc2cc(=O)n3ccsc3n2)CC1. The van der Waals surface area contributed by atoms with E-state index >= 15 is 0 Å². The van der Waals surface area contributed by atoms with Gasteiger partial charge in [-0.15, -0.1) is 11.3 Å². The van der Waals surface area contributed by atoms with Gasteiger partial charge in [0.25, 0.3) is 5.56 Å². The van der Waals surface area contributed by atoms with Crippen LogP contribution in [0, 0.1) is 0 Å². The molecular formula is C26H28N4O3S. The van der Waals surface area contributed by atoms with E-state index in [0.717, 1.165) is 60.3 Å². The van der Waals surface area contributed by atoms with E-state index < -0.39 is 0 Å². The quantitative estimate of drug-likeness (QED) is 0.374. The fourth-order valence-corrected chi connectivity index (χ4v) is 5.14. The number of benzene rings is 1. The molecule has 1 amide bonds. The molecule has 4 aromatic rings. The molecule has 1 aromatic carbocycles. The van der Waals surface area contributed by atoms with Crippen LogP contribution in [0.2, 0.25) is 0 Å². The van der Waals surface area contributed by atoms with Gasteiger partial charge < -0.3 is 9.32 Å². The van der Waals surface area contributed by atoms with Crippen molar-refractivity contribution in [2.75, 3.05) is 26.2 Å². The predicted octanol–water partition coefficient (Wildman–Crippen LogP) is 4.20. The number of aromatic nitrogens is 2. The van der Waals surface area contributed by atoms with Gasteiger partial charge in [0.1, 0.15) is 11.3 Å². The molecule has 5 rings (SSSR count). The van der Waals surface area contributed by atoms with Crippen molar-refractivity contribution in [3.63, 3.8) is 0 Å². The van der Waals surface area contributed by atoms with Crippen LogP contribution < -0.4 is 5.56 Å². The largest absolute Gasteiger partial charge is 0.460 e. The third kappa shape index (κ3) is 4.69. The summed E-state index contributed by atoms with van der Waals surface area (Å²) in [6.07, 6.45) is 8.35. The smallest absolute Gasteiger partial charge is 0.258 e. The minimum absolute atomic E-state index is 0.0164. The maximum Gasteiger partial charge on any atom is 0.258 e. The van der Waals surface area contributed by atoms with Gasteiger partial charge in [-0.3, -0.25) is 18.9 Å². The minimum atomic E-state index is -0.0507. The molecule has 7 nitrogen and oxygen atoms in total. The van der Waals surface area contributed by atoms with Crippen LogP contribution in [-0.2, 0) is 17.8 Å². The molecule has 0 unspecified atom stereocenters. The molecule has 0 aliphatic carbocycles. The van der Waals surface area contributed by atoms with E-state index in [-0.39, 0.29) is 11.5 Å². The minimum Gasteiger partial charge on any atom is -0.460 e. The second kappa shape index (κ2) is 9.95. The van der Waals surface area contributed by atoms with Crippen LogP contribution in [0.25, 0.3) is 22.0 Å². The van der Waals surface area contributed by atoms with Crippen LogP contribution in [0.5, 0.6) is 0 Å². The topological polar surface area (TPSA) is 71.1 Å². The lowest BCUT2D eigenvalue weighted by Crippen LogP contribution is -2.48. The van der Waals surface area contributed by atoms with Crippen molar-refractivity contribution >= 4 is 39.3 Å². The summed E-state index contributed by atoms with van der Waals surface area (Å²) in [6.45, 7) is 5.58. The van der Waals surface area contributed by atoms with Gasteiger partial charge in [0.05, 0.1) is 5.69 Å². The summed E-state index contributed by atoms with van der Waals surface area (Å²) in [5.41, 5.74) is 2.60. The Bertz CT molecular complexity index is 1390. The second-order valence-corrected chi connectivity index (χ2v) is 9.49. The van der Waals surface area contributed by atoms with E-state index in [4.69, 9.17) is 4.42 Å². The first-order valence-corrected chi connectivity index (χ1v) is 12.7. The lowest BCUT2D eigenvalue weighted by Gasteiger charge is -2.34. The molecule has 0 spiro atoms. The normalized spacial score (nSPS) is 15.1. The molecule has 34 heavy (non-hydrogen) atoms. The van der Waals surface area contributed by atoms with E-state index in [2.05, 4.69) is 16.8 Å². The maximum atomic E-state index is 12.9. The number of aryl methyl sites for hydroxylation is 1. The number of piperazine rings is 1. The number of amides is 1. The molecule has 176 valence electrons. The van der Waals surface area contributed by atoms with Crippen molar-refractivity contribution in [2.45, 2.75) is 32.7 Å². The van der Waals surface area contributed by atoms with Crippen molar-refractivity contribution in [1.82, 2.24) is 19.2 Å². The Morgan fingerprint density at radius 3 is 2.85 bits per heavy atom. The van der Waals surface area contributed by atoms with Crippen LogP contribution in [0.15, 0.2) is 57.2 Å². The molecular weight excluding hydrogens is 448 g/mol. The fourth-order valence-electron chi connectivity index (χ4n) is 4.41. The van der Waals surface area contributed by atoms with Crippen LogP contribution in [0.1, 0.15) is 36.8 Å². The number of hydrogen-bond donors (Lipinski definition) is 0. The molecule has 0 atom stereocenters. The summed E-state index contributed by atoms with van der Waals surface area (Å²) in [5.74, 6) is 0.964. The zero-order chi connectivity index (χ0) is 23.5. The maximum absolute atomic E-state index is 12.9. The number of thiazole rings is 1. The summed E-state index contributed by atoms with van der Waals surface area (Å²) in [5, 5.41) is 2.92. The summed E-state index contributed by atoms with van der Waals surface area (Å²) in [7, 11) is 0. The highest BCUT2D eigenvalue weighted by molar-refractivity contribution is 7.15. The highest BCUT2D eigenvalue weighted by Crippen LogP contribution is 2.28. The second-order valence-electron chi connectivity index (χ2n) is 8.61. The molecule has 0 saturated carbocycles. The fraction of sp³-hybridized carbons (Fsp3) is 0.346. The zero-order valence-electron chi connectivity index (χ0n) is 19.3. The van der Waals surface area contributed by atoms with Gasteiger partial charge in [-0.1, -0.05) is 31.5 Å². The van der Waals surface area contributed by atoms with Crippen LogP contribution in [0.3, 0.4) is 0 Å². The van der Waals surface area contributed by atoms with E-state index in [9.17, 15) is 9.59 Å². The highest BCUT2D eigenvalue weighted by Gasteiger charge is 2.21. The standard InChI is InChI=1S/C26H28N4O3S/c1-2-3-7-22-21(20-6-4-5-8-23(20)33-22)9-10-24(31)29-13-11-28(12-14-29)18-19-17-25(32)30-15-16-34-26(30)27-19/h4-6,8-10,15-17H,2-3,7,11-14,18H2,1H3/b10-9+. The number of carbonyl (C=O) groups excluding carboxylic acids is 1. The van der Waals surface area contributed by atoms with E-state index in [1.54, 1.807) is 22.7 Å². The molecule has 0 bridgehead atoms. The Hall–Kier alpha value is -3.23. The summed E-state index contributed by atoms with van der Waals surface area (Å²) in [4.78, 5) is 34.6. The number of hydrogen-bond acceptors (Lipinski definition) is 6. The number of furan rings is 1. The molecule has 1 saturated heterocycles. The Morgan fingerprint density at radius 1 is 1.21 bits per heavy atom. The monoisotopic (exact) mass is 476 g/mol. The highest BCUT2D eigenvalue weighted by atomic mass is 32.1. The Balaban J connectivity index is 1.22. The zero-order valence-corrected chi connectivity index (χ0v) is 20.1. The number of nitrogens with zero attached hydrogens (tertiary/aromatic N) is 4. The number of fused-ring (bicyclic) bond motifs is 2. The van der Waals surface area contributed by atoms with Gasteiger partial charge in [0.15, 0.2) is 4.96 Å². The van der Waals surface area contributed by atoms with E-state index in [0.29, 0.717) is 24.6 Å². The average Bonchev–Trinajstić information content (AvgIpc) is 3.46. The molecule has 3 aromatic heterocycles.